The van der Waals surface area contributed by atoms with Crippen molar-refractivity contribution >= 4 is 11.8 Å². The van der Waals surface area contributed by atoms with E-state index in [0.717, 1.165) is 25.9 Å². The molecule has 2 N–H and O–H groups in total. The molecule has 0 radical (unpaired) electrons. The van der Waals surface area contributed by atoms with Gasteiger partial charge in [-0.05, 0) is 36.9 Å². The average Bonchev–Trinajstić information content (AvgIpc) is 2.70. The van der Waals surface area contributed by atoms with Crippen molar-refractivity contribution in [1.82, 2.24) is 5.32 Å². The van der Waals surface area contributed by atoms with Crippen molar-refractivity contribution in [3.05, 3.63) is 29.8 Å². The summed E-state index contributed by atoms with van der Waals surface area (Å²) in [6, 6.07) is 8.74. The van der Waals surface area contributed by atoms with Crippen molar-refractivity contribution in [2.24, 2.45) is 5.92 Å². The van der Waals surface area contributed by atoms with Gasteiger partial charge in [-0.2, -0.15) is 0 Å². The molecular weight excluding hydrogens is 230 g/mol. The molecule has 1 aromatic rings. The van der Waals surface area contributed by atoms with E-state index in [1.54, 1.807) is 0 Å². The zero-order chi connectivity index (χ0) is 11.7. The summed E-state index contributed by atoms with van der Waals surface area (Å²) in [5.41, 5.74) is 1.51. The molecule has 0 amide bonds. The summed E-state index contributed by atoms with van der Waals surface area (Å²) in [5.74, 6) is 2.58. The molecule has 0 spiro atoms. The number of thioether (sulfide) groups is 1. The van der Waals surface area contributed by atoms with E-state index in [0.29, 0.717) is 11.8 Å². The molecule has 2 aliphatic rings. The molecule has 3 heteroatoms. The Hall–Kier alpha value is -0.510. The van der Waals surface area contributed by atoms with E-state index >= 15 is 0 Å². The Morgan fingerprint density at radius 3 is 2.88 bits per heavy atom. The molecule has 92 valence electrons. The van der Waals surface area contributed by atoms with Gasteiger partial charge in [-0.3, -0.25) is 0 Å². The lowest BCUT2D eigenvalue weighted by Gasteiger charge is -2.31. The van der Waals surface area contributed by atoms with Gasteiger partial charge in [-0.15, -0.1) is 11.8 Å². The number of nitrogens with one attached hydrogen (secondary N) is 1. The predicted molar refractivity (Wildman–Crippen MR) is 71.5 cm³/mol. The summed E-state index contributed by atoms with van der Waals surface area (Å²) in [6.07, 6.45) is 1.95. The van der Waals surface area contributed by atoms with Crippen molar-refractivity contribution < 1.29 is 5.11 Å². The van der Waals surface area contributed by atoms with Gasteiger partial charge in [0.25, 0.3) is 0 Å². The fraction of sp³-hybridized carbons (Fsp3) is 0.571. The second-order valence-electron chi connectivity index (χ2n) is 5.20. The molecule has 17 heavy (non-hydrogen) atoms. The van der Waals surface area contributed by atoms with Gasteiger partial charge >= 0.3 is 0 Å². The van der Waals surface area contributed by atoms with E-state index in [-0.39, 0.29) is 6.10 Å². The molecule has 1 atom stereocenters. The molecular formula is C14H19NOS. The minimum Gasteiger partial charge on any atom is -0.393 e. The van der Waals surface area contributed by atoms with E-state index in [2.05, 4.69) is 29.6 Å². The van der Waals surface area contributed by atoms with Crippen molar-refractivity contribution in [2.45, 2.75) is 29.8 Å². The van der Waals surface area contributed by atoms with Gasteiger partial charge in [0.1, 0.15) is 0 Å². The van der Waals surface area contributed by atoms with E-state index in [1.165, 1.54) is 16.2 Å². The summed E-state index contributed by atoms with van der Waals surface area (Å²) < 4.78 is 0. The first-order valence-corrected chi connectivity index (χ1v) is 7.42. The Bertz CT molecular complexity index is 390. The molecule has 1 heterocycles. The van der Waals surface area contributed by atoms with Crippen molar-refractivity contribution in [3.63, 3.8) is 0 Å². The highest BCUT2D eigenvalue weighted by Gasteiger charge is 2.27. The van der Waals surface area contributed by atoms with Crippen LogP contribution < -0.4 is 5.32 Å². The molecule has 1 aromatic carbocycles. The van der Waals surface area contributed by atoms with Crippen LogP contribution in [0.1, 0.15) is 24.3 Å². The molecule has 0 aromatic heterocycles. The molecule has 2 nitrogen and oxygen atoms in total. The van der Waals surface area contributed by atoms with Crippen LogP contribution in [0, 0.1) is 5.92 Å². The highest BCUT2D eigenvalue weighted by atomic mass is 32.2. The van der Waals surface area contributed by atoms with Gasteiger partial charge in [-0.25, -0.2) is 0 Å². The molecule has 0 bridgehead atoms. The van der Waals surface area contributed by atoms with Gasteiger partial charge < -0.3 is 10.4 Å². The number of aliphatic hydroxyl groups is 1. The highest BCUT2D eigenvalue weighted by molar-refractivity contribution is 7.99. The lowest BCUT2D eigenvalue weighted by atomic mass is 9.82. The van der Waals surface area contributed by atoms with Crippen molar-refractivity contribution in [1.29, 1.82) is 0 Å². The van der Waals surface area contributed by atoms with Gasteiger partial charge in [0.05, 0.1) is 6.10 Å². The Labute approximate surface area is 107 Å². The van der Waals surface area contributed by atoms with Crippen LogP contribution in [0.5, 0.6) is 0 Å². The zero-order valence-corrected chi connectivity index (χ0v) is 10.7. The number of aliphatic hydroxyl groups excluding tert-OH is 1. The molecule has 1 unspecified atom stereocenters. The molecule has 1 aliphatic carbocycles. The third-order valence-electron chi connectivity index (χ3n) is 3.83. The van der Waals surface area contributed by atoms with Crippen LogP contribution in [0.2, 0.25) is 0 Å². The quantitative estimate of drug-likeness (QED) is 0.858. The van der Waals surface area contributed by atoms with E-state index in [4.69, 9.17) is 0 Å². The second-order valence-corrected chi connectivity index (χ2v) is 6.26. The van der Waals surface area contributed by atoms with Crippen molar-refractivity contribution in [3.8, 4) is 0 Å². The topological polar surface area (TPSA) is 32.3 Å². The Kier molecular flexibility index (Phi) is 3.41. The van der Waals surface area contributed by atoms with Gasteiger partial charge in [0.15, 0.2) is 0 Å². The maximum absolute atomic E-state index is 9.23. The molecule has 0 saturated heterocycles. The number of hydrogen-bond donors (Lipinski definition) is 2. The average molecular weight is 249 g/mol. The van der Waals surface area contributed by atoms with E-state index < -0.39 is 0 Å². The largest absolute Gasteiger partial charge is 0.393 e. The van der Waals surface area contributed by atoms with E-state index in [1.807, 2.05) is 11.8 Å². The summed E-state index contributed by atoms with van der Waals surface area (Å²) in [6.45, 7) is 2.15. The molecule has 3 rings (SSSR count). The van der Waals surface area contributed by atoms with Gasteiger partial charge in [0, 0.05) is 23.1 Å². The third-order valence-corrected chi connectivity index (χ3v) is 5.09. The van der Waals surface area contributed by atoms with Crippen LogP contribution in [-0.2, 0) is 0 Å². The first-order valence-electron chi connectivity index (χ1n) is 6.43. The standard InChI is InChI=1S/C14H19NOS/c16-12-5-10(6-12)7-15-8-11-9-17-14-4-2-1-3-13(11)14/h1-4,10-12,15-16H,5-9H2. The maximum Gasteiger partial charge on any atom is 0.0546 e. The number of benzene rings is 1. The lowest BCUT2D eigenvalue weighted by Crippen LogP contribution is -2.37. The highest BCUT2D eigenvalue weighted by Crippen LogP contribution is 2.38. The fourth-order valence-electron chi connectivity index (χ4n) is 2.73. The second kappa shape index (κ2) is 5.01. The maximum atomic E-state index is 9.23. The van der Waals surface area contributed by atoms with Crippen LogP contribution in [0.25, 0.3) is 0 Å². The minimum atomic E-state index is -0.0236. The Morgan fingerprint density at radius 2 is 2.06 bits per heavy atom. The number of fused-ring (bicyclic) bond motifs is 1. The van der Waals surface area contributed by atoms with Crippen LogP contribution in [-0.4, -0.2) is 30.1 Å². The smallest absolute Gasteiger partial charge is 0.0546 e. The molecule has 1 saturated carbocycles. The SMILES string of the molecule is OC1CC(CNCC2CSc3ccccc32)C1. The zero-order valence-electron chi connectivity index (χ0n) is 9.93. The van der Waals surface area contributed by atoms with E-state index in [9.17, 15) is 5.11 Å². The van der Waals surface area contributed by atoms with Crippen LogP contribution in [0.4, 0.5) is 0 Å². The monoisotopic (exact) mass is 249 g/mol. The van der Waals surface area contributed by atoms with Crippen LogP contribution in [0.3, 0.4) is 0 Å². The van der Waals surface area contributed by atoms with Gasteiger partial charge in [0.2, 0.25) is 0 Å². The summed E-state index contributed by atoms with van der Waals surface area (Å²) in [5, 5.41) is 12.8. The number of hydrogen-bond acceptors (Lipinski definition) is 3. The van der Waals surface area contributed by atoms with Crippen LogP contribution >= 0.6 is 11.8 Å². The Morgan fingerprint density at radius 1 is 1.24 bits per heavy atom. The summed E-state index contributed by atoms with van der Waals surface area (Å²) in [7, 11) is 0. The first-order chi connectivity index (χ1) is 8.33. The minimum absolute atomic E-state index is 0.0236. The molecule has 1 fully saturated rings. The van der Waals surface area contributed by atoms with Gasteiger partial charge in [-0.1, -0.05) is 18.2 Å². The lowest BCUT2D eigenvalue weighted by molar-refractivity contribution is 0.0431. The normalized spacial score (nSPS) is 31.0. The van der Waals surface area contributed by atoms with Crippen molar-refractivity contribution in [2.75, 3.05) is 18.8 Å². The predicted octanol–water partition coefficient (Wildman–Crippen LogP) is 2.24. The summed E-state index contributed by atoms with van der Waals surface area (Å²) >= 11 is 1.97. The summed E-state index contributed by atoms with van der Waals surface area (Å²) in [4.78, 5) is 1.46. The molecule has 1 aliphatic heterocycles. The fourth-order valence-corrected chi connectivity index (χ4v) is 3.98. The third kappa shape index (κ3) is 2.51. The first kappa shape index (κ1) is 11.6. The van der Waals surface area contributed by atoms with Crippen LogP contribution in [0.15, 0.2) is 29.2 Å². The Balaban J connectivity index is 1.47. The number of rotatable bonds is 4.